The Morgan fingerprint density at radius 3 is 2.58 bits per heavy atom. The van der Waals surface area contributed by atoms with Crippen LogP contribution < -0.4 is 10.8 Å². The molecule has 1 aromatic heterocycles. The number of nitrogens with one attached hydrogen (secondary N) is 2. The number of nitrogens with zero attached hydrogens (tertiary/aromatic N) is 1. The molecular weight excluding hydrogens is 379 g/mol. The van der Waals surface area contributed by atoms with E-state index in [9.17, 15) is 22.8 Å². The maximum absolute atomic E-state index is 14.2. The highest BCUT2D eigenvalue weighted by atomic mass is 35.5. The van der Waals surface area contributed by atoms with Gasteiger partial charge in [-0.1, -0.05) is 11.6 Å². The van der Waals surface area contributed by atoms with Crippen molar-refractivity contribution in [3.8, 4) is 0 Å². The van der Waals surface area contributed by atoms with Gasteiger partial charge in [0.1, 0.15) is 5.82 Å². The van der Waals surface area contributed by atoms with Crippen molar-refractivity contribution < 1.29 is 32.7 Å². The molecule has 0 spiro atoms. The fourth-order valence-corrected chi connectivity index (χ4v) is 2.12. The fraction of sp³-hybridized carbons (Fsp3) is 0.133. The van der Waals surface area contributed by atoms with Crippen LogP contribution in [0.2, 0.25) is 5.02 Å². The quantitative estimate of drug-likeness (QED) is 0.519. The number of halogens is 4. The molecule has 1 amide bonds. The van der Waals surface area contributed by atoms with Gasteiger partial charge in [0, 0.05) is 6.20 Å². The van der Waals surface area contributed by atoms with Crippen LogP contribution >= 0.6 is 11.6 Å². The zero-order valence-corrected chi connectivity index (χ0v) is 13.8. The van der Waals surface area contributed by atoms with Gasteiger partial charge in [-0.25, -0.2) is 28.4 Å². The van der Waals surface area contributed by atoms with E-state index < -0.39 is 47.2 Å². The second-order valence-corrected chi connectivity index (χ2v) is 5.40. The molecule has 7 nitrogen and oxygen atoms in total. The highest BCUT2D eigenvalue weighted by molar-refractivity contribution is 6.30. The Balaban J connectivity index is 2.41. The molecule has 3 N–H and O–H groups in total. The predicted molar refractivity (Wildman–Crippen MR) is 84.6 cm³/mol. The third-order valence-corrected chi connectivity index (χ3v) is 3.26. The van der Waals surface area contributed by atoms with Crippen molar-refractivity contribution in [3.63, 3.8) is 0 Å². The van der Waals surface area contributed by atoms with Crippen LogP contribution in [0.25, 0.3) is 0 Å². The molecule has 1 heterocycles. The normalized spacial score (nSPS) is 10.5. The number of hydrogen-bond donors (Lipinski definition) is 3. The molecule has 0 radical (unpaired) electrons. The lowest BCUT2D eigenvalue weighted by Crippen LogP contribution is -2.28. The standard InChI is InChI=1S/C15H11ClF3N3O4/c1-6-2-7(16)4-20-14(6)21-13-8(3-9(17)11(18)12(13)19)15(25)22-26-5-10(23)24/h2-4H,5H2,1H3,(H,20,21)(H,22,25)(H,23,24). The Labute approximate surface area is 149 Å². The van der Waals surface area contributed by atoms with Crippen LogP contribution in [-0.4, -0.2) is 28.6 Å². The number of benzene rings is 1. The lowest BCUT2D eigenvalue weighted by molar-refractivity contribution is -0.144. The molecule has 0 unspecified atom stereocenters. The van der Waals surface area contributed by atoms with Gasteiger partial charge in [-0.15, -0.1) is 0 Å². The third kappa shape index (κ3) is 4.41. The molecule has 0 aliphatic rings. The van der Waals surface area contributed by atoms with Gasteiger partial charge in [0.25, 0.3) is 5.91 Å². The minimum atomic E-state index is -1.80. The number of pyridine rings is 1. The van der Waals surface area contributed by atoms with E-state index in [0.29, 0.717) is 16.7 Å². The van der Waals surface area contributed by atoms with E-state index in [1.807, 2.05) is 0 Å². The first kappa shape index (κ1) is 19.5. The van der Waals surface area contributed by atoms with Crippen LogP contribution in [0.1, 0.15) is 15.9 Å². The SMILES string of the molecule is Cc1cc(Cl)cnc1Nc1c(C(=O)NOCC(=O)O)cc(F)c(F)c1F. The summed E-state index contributed by atoms with van der Waals surface area (Å²) in [6, 6.07) is 1.91. The molecule has 138 valence electrons. The van der Waals surface area contributed by atoms with Crippen molar-refractivity contribution in [1.29, 1.82) is 0 Å². The minimum Gasteiger partial charge on any atom is -0.479 e. The summed E-state index contributed by atoms with van der Waals surface area (Å²) in [5.74, 6) is -7.62. The number of hydrogen-bond acceptors (Lipinski definition) is 5. The summed E-state index contributed by atoms with van der Waals surface area (Å²) in [7, 11) is 0. The second-order valence-electron chi connectivity index (χ2n) is 4.97. The molecular formula is C15H11ClF3N3O4. The van der Waals surface area contributed by atoms with Gasteiger partial charge in [0.15, 0.2) is 24.1 Å². The lowest BCUT2D eigenvalue weighted by Gasteiger charge is -2.15. The van der Waals surface area contributed by atoms with Crippen LogP contribution in [-0.2, 0) is 9.63 Å². The van der Waals surface area contributed by atoms with Crippen LogP contribution in [0, 0.1) is 24.4 Å². The summed E-state index contributed by atoms with van der Waals surface area (Å²) >= 11 is 5.76. The third-order valence-electron chi connectivity index (χ3n) is 3.06. The molecule has 0 saturated carbocycles. The van der Waals surface area contributed by atoms with E-state index >= 15 is 0 Å². The van der Waals surface area contributed by atoms with E-state index in [4.69, 9.17) is 16.7 Å². The predicted octanol–water partition coefficient (Wildman–Crippen LogP) is 2.95. The van der Waals surface area contributed by atoms with Gasteiger partial charge in [-0.3, -0.25) is 9.63 Å². The van der Waals surface area contributed by atoms with E-state index in [-0.39, 0.29) is 5.82 Å². The van der Waals surface area contributed by atoms with Gasteiger partial charge >= 0.3 is 5.97 Å². The number of carboxylic acid groups (broad SMARTS) is 1. The number of aryl methyl sites for hydroxylation is 1. The highest BCUT2D eigenvalue weighted by Crippen LogP contribution is 2.29. The number of rotatable bonds is 6. The minimum absolute atomic E-state index is 0.0415. The van der Waals surface area contributed by atoms with E-state index in [1.54, 1.807) is 12.4 Å². The summed E-state index contributed by atoms with van der Waals surface area (Å²) in [4.78, 5) is 30.6. The first-order valence-electron chi connectivity index (χ1n) is 6.91. The second kappa shape index (κ2) is 8.02. The number of aliphatic carboxylic acids is 1. The van der Waals surface area contributed by atoms with Gasteiger partial charge < -0.3 is 10.4 Å². The fourth-order valence-electron chi connectivity index (χ4n) is 1.90. The first-order valence-corrected chi connectivity index (χ1v) is 7.29. The largest absolute Gasteiger partial charge is 0.479 e. The summed E-state index contributed by atoms with van der Waals surface area (Å²) in [6.45, 7) is 0.674. The molecule has 26 heavy (non-hydrogen) atoms. The highest BCUT2D eigenvalue weighted by Gasteiger charge is 2.24. The Kier molecular flexibility index (Phi) is 6.01. The molecule has 0 bridgehead atoms. The van der Waals surface area contributed by atoms with Gasteiger partial charge in [0.05, 0.1) is 16.3 Å². The molecule has 0 saturated heterocycles. The molecule has 2 rings (SSSR count). The lowest BCUT2D eigenvalue weighted by atomic mass is 10.1. The summed E-state index contributed by atoms with van der Waals surface area (Å²) in [6.07, 6.45) is 1.23. The number of carbonyl (C=O) groups excluding carboxylic acids is 1. The van der Waals surface area contributed by atoms with Crippen LogP contribution in [0.5, 0.6) is 0 Å². The molecule has 11 heteroatoms. The Bertz CT molecular complexity index is 880. The van der Waals surface area contributed by atoms with Gasteiger partial charge in [-0.2, -0.15) is 0 Å². The van der Waals surface area contributed by atoms with Crippen molar-refractivity contribution >= 4 is 35.0 Å². The molecule has 0 aliphatic carbocycles. The maximum atomic E-state index is 14.2. The number of anilines is 2. The van der Waals surface area contributed by atoms with Crippen molar-refractivity contribution in [1.82, 2.24) is 10.5 Å². The van der Waals surface area contributed by atoms with Crippen LogP contribution in [0.3, 0.4) is 0 Å². The van der Waals surface area contributed by atoms with Crippen molar-refractivity contribution in [2.24, 2.45) is 0 Å². The van der Waals surface area contributed by atoms with E-state index in [0.717, 1.165) is 0 Å². The van der Waals surface area contributed by atoms with Crippen molar-refractivity contribution in [3.05, 3.63) is 51.9 Å². The van der Waals surface area contributed by atoms with Gasteiger partial charge in [0.2, 0.25) is 0 Å². The number of amides is 1. The average molecular weight is 390 g/mol. The summed E-state index contributed by atoms with van der Waals surface area (Å²) in [5.41, 5.74) is 0.763. The molecule has 1 aromatic carbocycles. The number of hydroxylamine groups is 1. The van der Waals surface area contributed by atoms with Crippen molar-refractivity contribution in [2.45, 2.75) is 6.92 Å². The number of carboxylic acids is 1. The van der Waals surface area contributed by atoms with Gasteiger partial charge in [-0.05, 0) is 24.6 Å². The smallest absolute Gasteiger partial charge is 0.332 e. The summed E-state index contributed by atoms with van der Waals surface area (Å²) < 4.78 is 41.3. The number of aromatic nitrogens is 1. The molecule has 0 aliphatic heterocycles. The van der Waals surface area contributed by atoms with Crippen LogP contribution in [0.15, 0.2) is 18.3 Å². The maximum Gasteiger partial charge on any atom is 0.332 e. The number of carbonyl (C=O) groups is 2. The summed E-state index contributed by atoms with van der Waals surface area (Å²) in [5, 5.41) is 11.1. The first-order chi connectivity index (χ1) is 12.2. The zero-order valence-electron chi connectivity index (χ0n) is 13.1. The van der Waals surface area contributed by atoms with Crippen LogP contribution in [0.4, 0.5) is 24.7 Å². The van der Waals surface area contributed by atoms with Crippen molar-refractivity contribution in [2.75, 3.05) is 11.9 Å². The Morgan fingerprint density at radius 1 is 1.27 bits per heavy atom. The topological polar surface area (TPSA) is 101 Å². The molecule has 0 fully saturated rings. The Hall–Kier alpha value is -2.85. The Morgan fingerprint density at radius 2 is 1.96 bits per heavy atom. The average Bonchev–Trinajstić information content (AvgIpc) is 2.56. The van der Waals surface area contributed by atoms with E-state index in [1.165, 1.54) is 12.3 Å². The molecule has 2 aromatic rings. The monoisotopic (exact) mass is 389 g/mol. The molecule has 0 atom stereocenters. The zero-order chi connectivity index (χ0) is 19.4. The van der Waals surface area contributed by atoms with E-state index in [2.05, 4.69) is 15.1 Å².